The fraction of sp³-hybridized carbons (Fsp3) is 0.581. The minimum absolute atomic E-state index is 0.167. The molecule has 0 bridgehead atoms. The van der Waals surface area contributed by atoms with Crippen molar-refractivity contribution < 1.29 is 14.6 Å². The van der Waals surface area contributed by atoms with Gasteiger partial charge in [0.1, 0.15) is 0 Å². The molecule has 6 rings (SSSR count). The lowest BCUT2D eigenvalue weighted by Gasteiger charge is -2.42. The van der Waals surface area contributed by atoms with E-state index in [1.807, 2.05) is 23.1 Å². The van der Waals surface area contributed by atoms with Crippen LogP contribution in [0.15, 0.2) is 42.9 Å². The van der Waals surface area contributed by atoms with Crippen LogP contribution in [0.2, 0.25) is 0 Å². The van der Waals surface area contributed by atoms with Crippen molar-refractivity contribution in [3.05, 3.63) is 48.4 Å². The van der Waals surface area contributed by atoms with E-state index in [1.54, 1.807) is 7.11 Å². The molecule has 1 amide bonds. The van der Waals surface area contributed by atoms with Crippen molar-refractivity contribution in [2.75, 3.05) is 57.9 Å². The number of anilines is 1. The molecule has 1 atom stereocenters. The Bertz CT molecular complexity index is 1320. The number of pyridine rings is 1. The number of amides is 1. The highest BCUT2D eigenvalue weighted by molar-refractivity contribution is 5.81. The van der Waals surface area contributed by atoms with E-state index in [0.717, 1.165) is 93.0 Å². The van der Waals surface area contributed by atoms with Gasteiger partial charge in [-0.2, -0.15) is 5.10 Å². The largest absolute Gasteiger partial charge is 0.395 e. The smallest absolute Gasteiger partial charge is 0.225 e. The summed E-state index contributed by atoms with van der Waals surface area (Å²) < 4.78 is 8.01. The van der Waals surface area contributed by atoms with E-state index in [0.29, 0.717) is 11.8 Å². The second kappa shape index (κ2) is 11.1. The molecule has 214 valence electrons. The lowest BCUT2D eigenvalue weighted by Crippen LogP contribution is -2.52. The number of ether oxygens (including phenoxy) is 1. The van der Waals surface area contributed by atoms with Crippen molar-refractivity contribution in [1.29, 1.82) is 0 Å². The number of rotatable bonds is 7. The number of aromatic nitrogens is 3. The first-order valence-electron chi connectivity index (χ1n) is 14.8. The molecule has 40 heavy (non-hydrogen) atoms. The molecule has 1 aliphatic carbocycles. The Morgan fingerprint density at radius 2 is 1.88 bits per heavy atom. The zero-order valence-electron chi connectivity index (χ0n) is 24.0. The van der Waals surface area contributed by atoms with Crippen LogP contribution < -0.4 is 4.90 Å². The molecule has 0 spiro atoms. The average molecular weight is 547 g/mol. The molecule has 9 nitrogen and oxygen atoms in total. The lowest BCUT2D eigenvalue weighted by atomic mass is 9.75. The van der Waals surface area contributed by atoms with Crippen LogP contribution in [0.4, 0.5) is 5.69 Å². The van der Waals surface area contributed by atoms with Crippen LogP contribution in [0.1, 0.15) is 45.1 Å². The lowest BCUT2D eigenvalue weighted by molar-refractivity contribution is -0.140. The minimum atomic E-state index is -0.349. The van der Waals surface area contributed by atoms with Gasteiger partial charge in [0.05, 0.1) is 29.1 Å². The minimum Gasteiger partial charge on any atom is -0.395 e. The first kappa shape index (κ1) is 27.2. The number of piperidine rings is 1. The van der Waals surface area contributed by atoms with E-state index in [2.05, 4.69) is 57.9 Å². The summed E-state index contributed by atoms with van der Waals surface area (Å²) in [5.74, 6) is 1.27. The maximum atomic E-state index is 12.8. The third kappa shape index (κ3) is 4.99. The summed E-state index contributed by atoms with van der Waals surface area (Å²) in [7, 11) is 1.79. The molecule has 0 aromatic carbocycles. The first-order chi connectivity index (χ1) is 19.4. The van der Waals surface area contributed by atoms with Gasteiger partial charge in [0.15, 0.2) is 0 Å². The quantitative estimate of drug-likeness (QED) is 0.486. The van der Waals surface area contributed by atoms with Gasteiger partial charge < -0.3 is 19.6 Å². The third-order valence-electron chi connectivity index (χ3n) is 9.61. The van der Waals surface area contributed by atoms with Crippen molar-refractivity contribution in [1.82, 2.24) is 24.4 Å². The molecule has 1 N–H and O–H groups in total. The topological polar surface area (TPSA) is 86.4 Å². The predicted molar refractivity (Wildman–Crippen MR) is 155 cm³/mol. The van der Waals surface area contributed by atoms with Crippen molar-refractivity contribution in [2.24, 2.45) is 11.8 Å². The number of carbonyl (C=O) groups excluding carboxylic acids is 1. The van der Waals surface area contributed by atoms with Gasteiger partial charge in [0, 0.05) is 88.1 Å². The molecule has 3 fully saturated rings. The van der Waals surface area contributed by atoms with E-state index in [9.17, 15) is 9.90 Å². The van der Waals surface area contributed by atoms with E-state index in [-0.39, 0.29) is 24.2 Å². The van der Waals surface area contributed by atoms with Crippen molar-refractivity contribution >= 4 is 17.1 Å². The monoisotopic (exact) mass is 546 g/mol. The van der Waals surface area contributed by atoms with Crippen LogP contribution in [0.3, 0.4) is 0 Å². The van der Waals surface area contributed by atoms with Crippen LogP contribution in [-0.2, 0) is 15.1 Å². The molecular weight excluding hydrogens is 504 g/mol. The Balaban J connectivity index is 1.16. The zero-order chi connectivity index (χ0) is 27.9. The number of hydrogen-bond acceptors (Lipinski definition) is 7. The summed E-state index contributed by atoms with van der Waals surface area (Å²) >= 11 is 0. The number of piperazine rings is 1. The molecule has 3 aromatic heterocycles. The van der Waals surface area contributed by atoms with E-state index < -0.39 is 0 Å². The fourth-order valence-electron chi connectivity index (χ4n) is 6.82. The number of nitrogens with zero attached hydrogens (tertiary/aromatic N) is 6. The Hall–Kier alpha value is -3.01. The number of fused-ring (bicyclic) bond motifs is 1. The van der Waals surface area contributed by atoms with E-state index in [4.69, 9.17) is 9.72 Å². The molecule has 3 aliphatic rings. The SMILES string of the molecule is COC1(c2ccc(-c3cc4c(N5CCN(C(=O)[C@H]6C[C@H](C)C6)CC5)ccnn4c3)nc2)CCN([C@@H](C)CO)CC1. The van der Waals surface area contributed by atoms with E-state index >= 15 is 0 Å². The fourth-order valence-corrected chi connectivity index (χ4v) is 6.82. The van der Waals surface area contributed by atoms with Gasteiger partial charge in [0.25, 0.3) is 0 Å². The molecule has 2 saturated heterocycles. The Kier molecular flexibility index (Phi) is 7.54. The maximum Gasteiger partial charge on any atom is 0.225 e. The third-order valence-corrected chi connectivity index (χ3v) is 9.61. The summed E-state index contributed by atoms with van der Waals surface area (Å²) in [6.45, 7) is 9.44. The van der Waals surface area contributed by atoms with Crippen molar-refractivity contribution in [2.45, 2.75) is 51.2 Å². The Morgan fingerprint density at radius 1 is 1.12 bits per heavy atom. The standard InChI is InChI=1S/C31H42N6O3/c1-22-16-24(17-22)30(39)36-14-12-35(13-15-36)28-6-9-33-37-20-25(18-29(28)37)27-5-4-26(19-32-27)31(40-3)7-10-34(11-8-31)23(2)21-38/h4-6,9,18-20,22-24,38H,7-8,10-17,21H2,1-3H3/t22-,23-,24-/m0/s1. The van der Waals surface area contributed by atoms with Crippen molar-refractivity contribution in [3.63, 3.8) is 0 Å². The number of methoxy groups -OCH3 is 1. The number of hydrogen-bond donors (Lipinski definition) is 1. The zero-order valence-corrected chi connectivity index (χ0v) is 24.0. The number of carbonyl (C=O) groups is 1. The summed E-state index contributed by atoms with van der Waals surface area (Å²) in [5, 5.41) is 14.1. The van der Waals surface area contributed by atoms with E-state index in [1.165, 1.54) is 0 Å². The van der Waals surface area contributed by atoms with Crippen LogP contribution in [0.5, 0.6) is 0 Å². The Morgan fingerprint density at radius 3 is 2.50 bits per heavy atom. The van der Waals surface area contributed by atoms with Gasteiger partial charge in [0.2, 0.25) is 5.91 Å². The van der Waals surface area contributed by atoms with Gasteiger partial charge in [-0.25, -0.2) is 4.52 Å². The summed E-state index contributed by atoms with van der Waals surface area (Å²) in [6, 6.07) is 8.64. The molecule has 2 aliphatic heterocycles. The number of likely N-dealkylation sites (tertiary alicyclic amines) is 1. The average Bonchev–Trinajstić information content (AvgIpc) is 3.44. The van der Waals surface area contributed by atoms with Crippen LogP contribution >= 0.6 is 0 Å². The molecule has 9 heteroatoms. The highest BCUT2D eigenvalue weighted by Gasteiger charge is 2.38. The molecule has 3 aromatic rings. The van der Waals surface area contributed by atoms with Crippen LogP contribution in [-0.4, -0.2) is 94.4 Å². The second-order valence-electron chi connectivity index (χ2n) is 12.1. The molecule has 0 radical (unpaired) electrons. The molecule has 5 heterocycles. The normalized spacial score (nSPS) is 24.2. The van der Waals surface area contributed by atoms with Crippen LogP contribution in [0, 0.1) is 11.8 Å². The number of aliphatic hydroxyl groups is 1. The molecule has 1 saturated carbocycles. The van der Waals surface area contributed by atoms with Gasteiger partial charge in [-0.1, -0.05) is 13.0 Å². The highest BCUT2D eigenvalue weighted by atomic mass is 16.5. The van der Waals surface area contributed by atoms with Gasteiger partial charge >= 0.3 is 0 Å². The predicted octanol–water partition coefficient (Wildman–Crippen LogP) is 3.41. The van der Waals surface area contributed by atoms with Gasteiger partial charge in [-0.3, -0.25) is 14.7 Å². The molecular formula is C31H42N6O3. The molecule has 0 unspecified atom stereocenters. The second-order valence-corrected chi connectivity index (χ2v) is 12.1. The van der Waals surface area contributed by atoms with Crippen LogP contribution in [0.25, 0.3) is 16.8 Å². The highest BCUT2D eigenvalue weighted by Crippen LogP contribution is 2.38. The first-order valence-corrected chi connectivity index (χ1v) is 14.8. The summed E-state index contributed by atoms with van der Waals surface area (Å²) in [4.78, 5) is 24.4. The van der Waals surface area contributed by atoms with Gasteiger partial charge in [-0.05, 0) is 56.7 Å². The van der Waals surface area contributed by atoms with Gasteiger partial charge in [-0.15, -0.1) is 0 Å². The number of aliphatic hydroxyl groups excluding tert-OH is 1. The summed E-state index contributed by atoms with van der Waals surface area (Å²) in [5.41, 5.74) is 4.87. The summed E-state index contributed by atoms with van der Waals surface area (Å²) in [6.07, 6.45) is 9.68. The Labute approximate surface area is 236 Å². The van der Waals surface area contributed by atoms with Crippen molar-refractivity contribution in [3.8, 4) is 11.3 Å². The maximum absolute atomic E-state index is 12.8.